The maximum atomic E-state index is 6.06. The summed E-state index contributed by atoms with van der Waals surface area (Å²) in [4.78, 5) is 2.20. The van der Waals surface area contributed by atoms with E-state index in [1.54, 1.807) is 0 Å². The highest BCUT2D eigenvalue weighted by molar-refractivity contribution is 14.1. The van der Waals surface area contributed by atoms with Crippen LogP contribution in [-0.4, -0.2) is 63.0 Å². The number of nitrogens with zero attached hydrogens (tertiary/aromatic N) is 5. The van der Waals surface area contributed by atoms with E-state index < -0.39 is 16.1 Å². The number of nitrogens with one attached hydrogen (secondary N) is 1. The molecule has 0 atom stereocenters. The van der Waals surface area contributed by atoms with Crippen LogP contribution in [0.4, 0.5) is 17.1 Å². The quantitative estimate of drug-likeness (QED) is 0.0557. The summed E-state index contributed by atoms with van der Waals surface area (Å²) in [5, 5.41) is 15.0. The van der Waals surface area contributed by atoms with Gasteiger partial charge in [0.05, 0.1) is 22.4 Å². The Morgan fingerprint density at radius 3 is 1.42 bits per heavy atom. The van der Waals surface area contributed by atoms with Crippen LogP contribution < -0.4 is 10.2 Å². The summed E-state index contributed by atoms with van der Waals surface area (Å²) in [5.41, 5.74) is 9.90. The Kier molecular flexibility index (Phi) is 18.9. The van der Waals surface area contributed by atoms with Gasteiger partial charge in [-0.25, -0.2) is 9.36 Å². The van der Waals surface area contributed by atoms with Gasteiger partial charge in [0.2, 0.25) is 0 Å². The topological polar surface area (TPSA) is 69.4 Å². The summed E-state index contributed by atoms with van der Waals surface area (Å²) in [5.74, 6) is 0. The second kappa shape index (κ2) is 25.0. The van der Waals surface area contributed by atoms with E-state index in [2.05, 4.69) is 201 Å². The molecular formula is C56H67IN6O2Si2. The highest BCUT2D eigenvalue weighted by Crippen LogP contribution is 2.30. The van der Waals surface area contributed by atoms with Gasteiger partial charge >= 0.3 is 0 Å². The zero-order valence-electron chi connectivity index (χ0n) is 40.5. The van der Waals surface area contributed by atoms with Crippen molar-refractivity contribution in [3.63, 3.8) is 0 Å². The molecule has 0 bridgehead atoms. The molecule has 2 heterocycles. The fourth-order valence-electron chi connectivity index (χ4n) is 6.96. The molecule has 0 spiro atoms. The standard InChI is InChI=1S/C28H33N3OSi.C21H25IN2OSi.C7H9N/c1-30(24-13-9-6-10-14-24)25-16-17-26-27(18-15-23-11-7-5-8-12-23)29-31(28(26)21-25)22-32-19-20-33(2,3)4;1-26(2,3)14-13-25-16-24-21-15-18(22)10-11-19(21)20(23-24)12-9-17-7-5-4-6-8-17;1-8-7-5-3-2-4-6-7/h5-18,21H,19-20,22H2,1-4H3;4-12,15H,13-14,16H2,1-3H3;2-6,8H,1H3/b18-15+;12-9+;. The molecule has 67 heavy (non-hydrogen) atoms. The van der Waals surface area contributed by atoms with Crippen LogP contribution in [0.15, 0.2) is 158 Å². The molecule has 8 aromatic rings. The maximum Gasteiger partial charge on any atom is 0.140 e. The number of rotatable bonds is 17. The number of aromatic nitrogens is 4. The highest BCUT2D eigenvalue weighted by Gasteiger charge is 2.16. The van der Waals surface area contributed by atoms with E-state index in [9.17, 15) is 0 Å². The molecule has 348 valence electrons. The van der Waals surface area contributed by atoms with E-state index in [0.717, 1.165) is 75.1 Å². The lowest BCUT2D eigenvalue weighted by molar-refractivity contribution is 0.0815. The molecule has 6 aromatic carbocycles. The fraction of sp³-hybridized carbons (Fsp3) is 0.250. The van der Waals surface area contributed by atoms with E-state index in [-0.39, 0.29) is 0 Å². The minimum Gasteiger partial charge on any atom is -0.388 e. The predicted molar refractivity (Wildman–Crippen MR) is 302 cm³/mol. The molecule has 0 radical (unpaired) electrons. The second-order valence-electron chi connectivity index (χ2n) is 18.8. The number of hydrogen-bond donors (Lipinski definition) is 1. The molecule has 0 aliphatic carbocycles. The highest BCUT2D eigenvalue weighted by atomic mass is 127. The van der Waals surface area contributed by atoms with Gasteiger partial charge in [0.25, 0.3) is 0 Å². The number of anilines is 3. The fourth-order valence-corrected chi connectivity index (χ4v) is 8.94. The van der Waals surface area contributed by atoms with Crippen LogP contribution in [0, 0.1) is 3.57 Å². The van der Waals surface area contributed by atoms with Gasteiger partial charge in [-0.2, -0.15) is 10.2 Å². The van der Waals surface area contributed by atoms with Gasteiger partial charge in [0.1, 0.15) is 13.5 Å². The van der Waals surface area contributed by atoms with Gasteiger partial charge in [-0.15, -0.1) is 0 Å². The Hall–Kier alpha value is -5.58. The Morgan fingerprint density at radius 1 is 0.537 bits per heavy atom. The Labute approximate surface area is 414 Å². The largest absolute Gasteiger partial charge is 0.388 e. The summed E-state index contributed by atoms with van der Waals surface area (Å²) in [6.45, 7) is 16.8. The van der Waals surface area contributed by atoms with Crippen molar-refractivity contribution in [2.75, 3.05) is 37.5 Å². The zero-order valence-corrected chi connectivity index (χ0v) is 44.7. The third-order valence-electron chi connectivity index (χ3n) is 11.0. The number of para-hydroxylation sites is 2. The van der Waals surface area contributed by atoms with E-state index in [0.29, 0.717) is 13.5 Å². The Balaban J connectivity index is 0.000000193. The first-order valence-electron chi connectivity index (χ1n) is 23.1. The van der Waals surface area contributed by atoms with Crippen molar-refractivity contribution < 1.29 is 9.47 Å². The van der Waals surface area contributed by atoms with Crippen molar-refractivity contribution in [1.29, 1.82) is 0 Å². The van der Waals surface area contributed by atoms with Crippen LogP contribution in [0.3, 0.4) is 0 Å². The minimum absolute atomic E-state index is 0.457. The zero-order chi connectivity index (χ0) is 47.7. The van der Waals surface area contributed by atoms with Crippen LogP contribution in [0.25, 0.3) is 46.1 Å². The third kappa shape index (κ3) is 16.3. The lowest BCUT2D eigenvalue weighted by Gasteiger charge is -2.20. The first-order valence-corrected chi connectivity index (χ1v) is 31.6. The molecule has 8 nitrogen and oxygen atoms in total. The summed E-state index contributed by atoms with van der Waals surface area (Å²) in [6.07, 6.45) is 8.40. The Morgan fingerprint density at radius 2 is 0.970 bits per heavy atom. The van der Waals surface area contributed by atoms with Gasteiger partial charge in [-0.1, -0.05) is 148 Å². The van der Waals surface area contributed by atoms with E-state index in [1.807, 2.05) is 77.1 Å². The van der Waals surface area contributed by atoms with Crippen molar-refractivity contribution in [2.24, 2.45) is 0 Å². The normalized spacial score (nSPS) is 11.7. The van der Waals surface area contributed by atoms with E-state index in [1.165, 1.54) is 15.2 Å². The van der Waals surface area contributed by atoms with Crippen molar-refractivity contribution in [1.82, 2.24) is 19.6 Å². The summed E-state index contributed by atoms with van der Waals surface area (Å²) >= 11 is 2.35. The van der Waals surface area contributed by atoms with Crippen LogP contribution in [-0.2, 0) is 22.9 Å². The van der Waals surface area contributed by atoms with Gasteiger partial charge in [0.15, 0.2) is 0 Å². The summed E-state index contributed by atoms with van der Waals surface area (Å²) in [7, 11) is 1.81. The van der Waals surface area contributed by atoms with Crippen molar-refractivity contribution in [2.45, 2.75) is 64.8 Å². The first kappa shape index (κ1) is 50.8. The monoisotopic (exact) mass is 1040 g/mol. The second-order valence-corrected chi connectivity index (χ2v) is 31.3. The first-order chi connectivity index (χ1) is 32.3. The molecule has 8 rings (SSSR count). The number of fused-ring (bicyclic) bond motifs is 2. The van der Waals surface area contributed by atoms with Gasteiger partial charge in [-0.3, -0.25) is 0 Å². The SMILES string of the molecule is CN(c1ccccc1)c1ccc2c(/C=C/c3ccccc3)nn(COCC[Si](C)(C)C)c2c1.CNc1ccccc1.C[Si](C)(C)CCOCn1nc(/C=C/c2ccccc2)c2ccc(I)cc21. The van der Waals surface area contributed by atoms with Crippen LogP contribution >= 0.6 is 22.6 Å². The van der Waals surface area contributed by atoms with Crippen molar-refractivity contribution >= 4 is 102 Å². The molecule has 0 saturated carbocycles. The van der Waals surface area contributed by atoms with Gasteiger partial charge in [-0.05, 0) is 119 Å². The average Bonchev–Trinajstić information content (AvgIpc) is 3.87. The minimum atomic E-state index is -1.13. The number of ether oxygens (including phenoxy) is 2. The molecule has 0 amide bonds. The lowest BCUT2D eigenvalue weighted by Crippen LogP contribution is -2.22. The van der Waals surface area contributed by atoms with Crippen molar-refractivity contribution in [3.8, 4) is 0 Å². The number of halogens is 1. The average molecular weight is 1040 g/mol. The summed E-state index contributed by atoms with van der Waals surface area (Å²) in [6, 6.07) is 56.4. The molecule has 0 unspecified atom stereocenters. The van der Waals surface area contributed by atoms with E-state index in [4.69, 9.17) is 19.7 Å². The smallest absolute Gasteiger partial charge is 0.140 e. The third-order valence-corrected chi connectivity index (χ3v) is 15.1. The van der Waals surface area contributed by atoms with Crippen molar-refractivity contribution in [3.05, 3.63) is 184 Å². The molecule has 1 N–H and O–H groups in total. The van der Waals surface area contributed by atoms with Crippen LogP contribution in [0.1, 0.15) is 22.5 Å². The number of hydrogen-bond acceptors (Lipinski definition) is 6. The lowest BCUT2D eigenvalue weighted by atomic mass is 10.1. The van der Waals surface area contributed by atoms with E-state index >= 15 is 0 Å². The van der Waals surface area contributed by atoms with Gasteiger partial charge in [0, 0.05) is 74.9 Å². The Bertz CT molecular complexity index is 2780. The van der Waals surface area contributed by atoms with Gasteiger partial charge < -0.3 is 19.7 Å². The molecule has 11 heteroatoms. The molecule has 0 saturated heterocycles. The van der Waals surface area contributed by atoms with Crippen LogP contribution in [0.2, 0.25) is 51.4 Å². The number of benzene rings is 6. The molecular weight excluding hydrogens is 972 g/mol. The molecule has 2 aromatic heterocycles. The molecule has 0 fully saturated rings. The molecule has 0 aliphatic rings. The van der Waals surface area contributed by atoms with Crippen LogP contribution in [0.5, 0.6) is 0 Å². The predicted octanol–water partition coefficient (Wildman–Crippen LogP) is 15.1. The molecule has 0 aliphatic heterocycles. The maximum absolute atomic E-state index is 6.06. The summed E-state index contributed by atoms with van der Waals surface area (Å²) < 4.78 is 17.2.